The molecule has 5 heteroatoms. The van der Waals surface area contributed by atoms with Crippen molar-refractivity contribution < 1.29 is 15.0 Å². The molecule has 112 valence electrons. The summed E-state index contributed by atoms with van der Waals surface area (Å²) >= 11 is 5.76. The molecule has 0 aliphatic rings. The number of carbonyl (C=O) groups excluding carboxylic acids is 1. The Morgan fingerprint density at radius 2 is 1.80 bits per heavy atom. The van der Waals surface area contributed by atoms with Gasteiger partial charge in [0.2, 0.25) is 5.91 Å². The zero-order chi connectivity index (χ0) is 15.3. The predicted molar refractivity (Wildman–Crippen MR) is 79.5 cm³/mol. The first-order valence-electron chi connectivity index (χ1n) is 6.58. The maximum atomic E-state index is 11.7. The number of aliphatic hydroxyl groups excluding tert-OH is 2. The maximum Gasteiger partial charge on any atom is 0.223 e. The van der Waals surface area contributed by atoms with Gasteiger partial charge >= 0.3 is 0 Å². The van der Waals surface area contributed by atoms with E-state index in [0.717, 1.165) is 0 Å². The smallest absolute Gasteiger partial charge is 0.223 e. The van der Waals surface area contributed by atoms with Crippen molar-refractivity contribution in [2.45, 2.75) is 39.4 Å². The first kappa shape index (κ1) is 17.0. The summed E-state index contributed by atoms with van der Waals surface area (Å²) < 4.78 is 0. The number of benzene rings is 1. The topological polar surface area (TPSA) is 69.6 Å². The highest BCUT2D eigenvalue weighted by Crippen LogP contribution is 2.20. The summed E-state index contributed by atoms with van der Waals surface area (Å²) in [4.78, 5) is 11.7. The van der Waals surface area contributed by atoms with Crippen molar-refractivity contribution >= 4 is 17.5 Å². The van der Waals surface area contributed by atoms with Crippen LogP contribution in [0.15, 0.2) is 24.3 Å². The number of nitrogens with one attached hydrogen (secondary N) is 1. The monoisotopic (exact) mass is 299 g/mol. The van der Waals surface area contributed by atoms with E-state index in [-0.39, 0.29) is 24.3 Å². The van der Waals surface area contributed by atoms with Crippen molar-refractivity contribution in [1.29, 1.82) is 0 Å². The zero-order valence-corrected chi connectivity index (χ0v) is 12.8. The fourth-order valence-electron chi connectivity index (χ4n) is 1.57. The fraction of sp³-hybridized carbons (Fsp3) is 0.533. The molecule has 0 heterocycles. The lowest BCUT2D eigenvalue weighted by Crippen LogP contribution is -2.39. The summed E-state index contributed by atoms with van der Waals surface area (Å²) in [5.41, 5.74) is 0.350. The second kappa shape index (κ2) is 7.07. The first-order chi connectivity index (χ1) is 9.20. The van der Waals surface area contributed by atoms with Gasteiger partial charge in [-0.15, -0.1) is 0 Å². The number of rotatable bonds is 5. The molecule has 1 rings (SSSR count). The average molecular weight is 300 g/mol. The molecule has 1 aromatic rings. The molecule has 0 saturated heterocycles. The third kappa shape index (κ3) is 5.49. The van der Waals surface area contributed by atoms with Gasteiger partial charge in [0.15, 0.2) is 0 Å². The van der Waals surface area contributed by atoms with Gasteiger partial charge in [-0.05, 0) is 23.1 Å². The number of halogens is 1. The lowest BCUT2D eigenvalue weighted by molar-refractivity contribution is -0.123. The zero-order valence-electron chi connectivity index (χ0n) is 12.1. The normalized spacial score (nSPS) is 14.7. The molecule has 0 radical (unpaired) electrons. The molecule has 2 atom stereocenters. The van der Waals surface area contributed by atoms with E-state index in [9.17, 15) is 15.0 Å². The van der Waals surface area contributed by atoms with Crippen LogP contribution in [0.3, 0.4) is 0 Å². The third-order valence-electron chi connectivity index (χ3n) is 3.13. The maximum absolute atomic E-state index is 11.7. The average Bonchev–Trinajstić information content (AvgIpc) is 2.35. The van der Waals surface area contributed by atoms with Gasteiger partial charge in [0, 0.05) is 11.6 Å². The molecule has 2 unspecified atom stereocenters. The highest BCUT2D eigenvalue weighted by atomic mass is 35.5. The van der Waals surface area contributed by atoms with Crippen LogP contribution in [0.1, 0.15) is 38.9 Å². The highest BCUT2D eigenvalue weighted by Gasteiger charge is 2.22. The fourth-order valence-corrected chi connectivity index (χ4v) is 1.69. The summed E-state index contributed by atoms with van der Waals surface area (Å²) in [7, 11) is 0. The van der Waals surface area contributed by atoms with Crippen LogP contribution in [0, 0.1) is 5.41 Å². The molecule has 0 spiro atoms. The summed E-state index contributed by atoms with van der Waals surface area (Å²) in [6.45, 7) is 5.86. The van der Waals surface area contributed by atoms with Gasteiger partial charge in [-0.3, -0.25) is 4.79 Å². The van der Waals surface area contributed by atoms with Crippen LogP contribution in [0.5, 0.6) is 0 Å². The molecule has 0 saturated carbocycles. The lowest BCUT2D eigenvalue weighted by atomic mass is 9.89. The summed E-state index contributed by atoms with van der Waals surface area (Å²) in [5, 5.41) is 23.0. The number of hydrogen-bond donors (Lipinski definition) is 3. The summed E-state index contributed by atoms with van der Waals surface area (Å²) in [6, 6.07) is 6.71. The molecule has 20 heavy (non-hydrogen) atoms. The minimum Gasteiger partial charge on any atom is -0.391 e. The molecular formula is C15H22ClNO3. The van der Waals surface area contributed by atoms with E-state index in [0.29, 0.717) is 10.6 Å². The second-order valence-corrected chi connectivity index (χ2v) is 6.39. The molecule has 0 aliphatic heterocycles. The largest absolute Gasteiger partial charge is 0.391 e. The van der Waals surface area contributed by atoms with Gasteiger partial charge in [-0.2, -0.15) is 0 Å². The van der Waals surface area contributed by atoms with E-state index in [1.807, 2.05) is 20.8 Å². The minimum atomic E-state index is -0.876. The Labute approximate surface area is 124 Å². The Hall–Kier alpha value is -1.10. The standard InChI is InChI=1S/C15H22ClNO3/c1-15(2,3)13(19)9-17-14(20)8-12(18)10-4-6-11(16)7-5-10/h4-7,12-13,18-19H,8-9H2,1-3H3,(H,17,20). The van der Waals surface area contributed by atoms with Crippen molar-refractivity contribution in [1.82, 2.24) is 5.32 Å². The van der Waals surface area contributed by atoms with Crippen molar-refractivity contribution in [3.8, 4) is 0 Å². The Morgan fingerprint density at radius 1 is 1.25 bits per heavy atom. The quantitative estimate of drug-likeness (QED) is 0.781. The molecule has 0 bridgehead atoms. The van der Waals surface area contributed by atoms with Crippen molar-refractivity contribution in [3.63, 3.8) is 0 Å². The molecule has 0 fully saturated rings. The van der Waals surface area contributed by atoms with Gasteiger partial charge in [-0.25, -0.2) is 0 Å². The van der Waals surface area contributed by atoms with Gasteiger partial charge in [0.1, 0.15) is 0 Å². The van der Waals surface area contributed by atoms with Crippen molar-refractivity contribution in [2.24, 2.45) is 5.41 Å². The Bertz CT molecular complexity index is 439. The van der Waals surface area contributed by atoms with E-state index in [1.165, 1.54) is 0 Å². The summed E-state index contributed by atoms with van der Waals surface area (Å²) in [5.74, 6) is -0.296. The van der Waals surface area contributed by atoms with Gasteiger partial charge in [-0.1, -0.05) is 44.5 Å². The molecule has 1 amide bonds. The van der Waals surface area contributed by atoms with Crippen molar-refractivity contribution in [3.05, 3.63) is 34.9 Å². The van der Waals surface area contributed by atoms with Crippen LogP contribution in [0.2, 0.25) is 5.02 Å². The van der Waals surface area contributed by atoms with Crippen LogP contribution in [-0.4, -0.2) is 28.8 Å². The molecule has 0 aromatic heterocycles. The SMILES string of the molecule is CC(C)(C)C(O)CNC(=O)CC(O)c1ccc(Cl)cc1. The Kier molecular flexibility index (Phi) is 5.99. The molecule has 1 aromatic carbocycles. The number of carbonyl (C=O) groups is 1. The third-order valence-corrected chi connectivity index (χ3v) is 3.38. The molecule has 0 aliphatic carbocycles. The van der Waals surface area contributed by atoms with Crippen LogP contribution in [-0.2, 0) is 4.79 Å². The van der Waals surface area contributed by atoms with Crippen molar-refractivity contribution in [2.75, 3.05) is 6.54 Å². The van der Waals surface area contributed by atoms with Crippen LogP contribution >= 0.6 is 11.6 Å². The lowest BCUT2D eigenvalue weighted by Gasteiger charge is -2.26. The Morgan fingerprint density at radius 3 is 2.30 bits per heavy atom. The minimum absolute atomic E-state index is 0.0432. The van der Waals surface area contributed by atoms with E-state index in [1.54, 1.807) is 24.3 Å². The number of hydrogen-bond acceptors (Lipinski definition) is 3. The predicted octanol–water partition coefficient (Wildman–Crippen LogP) is 2.29. The van der Waals surface area contributed by atoms with Gasteiger partial charge in [0.25, 0.3) is 0 Å². The van der Waals surface area contributed by atoms with Crippen LogP contribution < -0.4 is 5.32 Å². The molecule has 4 nitrogen and oxygen atoms in total. The Balaban J connectivity index is 2.44. The first-order valence-corrected chi connectivity index (χ1v) is 6.96. The van der Waals surface area contributed by atoms with Gasteiger partial charge < -0.3 is 15.5 Å². The van der Waals surface area contributed by atoms with Crippen LogP contribution in [0.4, 0.5) is 0 Å². The number of aliphatic hydroxyl groups is 2. The molecule has 3 N–H and O–H groups in total. The van der Waals surface area contributed by atoms with Crippen LogP contribution in [0.25, 0.3) is 0 Å². The van der Waals surface area contributed by atoms with Gasteiger partial charge in [0.05, 0.1) is 18.6 Å². The number of amides is 1. The highest BCUT2D eigenvalue weighted by molar-refractivity contribution is 6.30. The van der Waals surface area contributed by atoms with E-state index in [4.69, 9.17) is 11.6 Å². The summed E-state index contributed by atoms with van der Waals surface area (Å²) in [6.07, 6.45) is -1.54. The van der Waals surface area contributed by atoms with E-state index >= 15 is 0 Å². The molecular weight excluding hydrogens is 278 g/mol. The van der Waals surface area contributed by atoms with E-state index in [2.05, 4.69) is 5.32 Å². The second-order valence-electron chi connectivity index (χ2n) is 5.96. The van der Waals surface area contributed by atoms with E-state index < -0.39 is 12.2 Å².